The van der Waals surface area contributed by atoms with Crippen LogP contribution >= 0.6 is 11.6 Å². The van der Waals surface area contributed by atoms with Crippen molar-refractivity contribution >= 4 is 28.9 Å². The van der Waals surface area contributed by atoms with Crippen molar-refractivity contribution in [1.29, 1.82) is 0 Å². The van der Waals surface area contributed by atoms with E-state index < -0.39 is 5.41 Å². The normalized spacial score (nSPS) is 16.9. The lowest BCUT2D eigenvalue weighted by molar-refractivity contribution is -0.201. The Bertz CT molecular complexity index is 520. The van der Waals surface area contributed by atoms with Gasteiger partial charge in [0, 0.05) is 18.8 Å². The second kappa shape index (κ2) is 6.12. The van der Waals surface area contributed by atoms with Crippen molar-refractivity contribution < 1.29 is 9.63 Å². The number of hydrogen-bond acceptors (Lipinski definition) is 5. The highest BCUT2D eigenvalue weighted by molar-refractivity contribution is 6.33. The Kier molecular flexibility index (Phi) is 4.64. The van der Waals surface area contributed by atoms with Crippen LogP contribution in [0.3, 0.4) is 0 Å². The van der Waals surface area contributed by atoms with Crippen LogP contribution in [-0.4, -0.2) is 37.2 Å². The molecular formula is C15H22ClN3O2. The summed E-state index contributed by atoms with van der Waals surface area (Å²) in [6.07, 6.45) is 0. The Balaban J connectivity index is 1.93. The predicted octanol–water partition coefficient (Wildman–Crippen LogP) is 2.55. The van der Waals surface area contributed by atoms with Crippen LogP contribution in [0.2, 0.25) is 5.02 Å². The highest BCUT2D eigenvalue weighted by Gasteiger charge is 2.28. The van der Waals surface area contributed by atoms with E-state index in [-0.39, 0.29) is 5.97 Å². The van der Waals surface area contributed by atoms with Gasteiger partial charge in [0.15, 0.2) is 0 Å². The number of hydroxylamine groups is 2. The highest BCUT2D eigenvalue weighted by Crippen LogP contribution is 2.28. The van der Waals surface area contributed by atoms with Gasteiger partial charge in [-0.25, -0.2) is 4.79 Å². The number of hydrogen-bond donors (Lipinski definition) is 1. The summed E-state index contributed by atoms with van der Waals surface area (Å²) in [5.41, 5.74) is 6.84. The fourth-order valence-corrected chi connectivity index (χ4v) is 2.36. The largest absolute Gasteiger partial charge is 0.399 e. The number of benzene rings is 1. The Hall–Kier alpha value is -1.46. The van der Waals surface area contributed by atoms with E-state index in [1.807, 2.05) is 32.9 Å². The Labute approximate surface area is 130 Å². The van der Waals surface area contributed by atoms with E-state index >= 15 is 0 Å². The van der Waals surface area contributed by atoms with Crippen molar-refractivity contribution in [2.75, 3.05) is 36.8 Å². The summed E-state index contributed by atoms with van der Waals surface area (Å²) in [6.45, 7) is 8.35. The summed E-state index contributed by atoms with van der Waals surface area (Å²) in [5.74, 6) is -0.207. The van der Waals surface area contributed by atoms with Crippen molar-refractivity contribution in [1.82, 2.24) is 5.06 Å². The quantitative estimate of drug-likeness (QED) is 0.851. The van der Waals surface area contributed by atoms with Gasteiger partial charge in [0.2, 0.25) is 0 Å². The van der Waals surface area contributed by atoms with Crippen LogP contribution in [0.4, 0.5) is 11.4 Å². The molecular weight excluding hydrogens is 290 g/mol. The molecule has 0 amide bonds. The number of nitrogens with two attached hydrogens (primary N) is 1. The van der Waals surface area contributed by atoms with Crippen LogP contribution in [-0.2, 0) is 9.63 Å². The van der Waals surface area contributed by atoms with Gasteiger partial charge in [-0.15, -0.1) is 5.06 Å². The Morgan fingerprint density at radius 3 is 2.38 bits per heavy atom. The number of rotatable bonds is 2. The first-order chi connectivity index (χ1) is 9.77. The number of piperazine rings is 1. The highest BCUT2D eigenvalue weighted by atomic mass is 35.5. The van der Waals surface area contributed by atoms with Crippen molar-refractivity contribution in [3.8, 4) is 0 Å². The first-order valence-electron chi connectivity index (χ1n) is 7.05. The summed E-state index contributed by atoms with van der Waals surface area (Å²) >= 11 is 6.22. The molecule has 1 aliphatic heterocycles. The van der Waals surface area contributed by atoms with E-state index in [4.69, 9.17) is 22.2 Å². The fourth-order valence-electron chi connectivity index (χ4n) is 2.05. The van der Waals surface area contributed by atoms with E-state index in [1.54, 1.807) is 11.1 Å². The summed E-state index contributed by atoms with van der Waals surface area (Å²) in [7, 11) is 0. The number of nitrogen functional groups attached to an aromatic ring is 1. The minimum Gasteiger partial charge on any atom is -0.399 e. The molecule has 1 aromatic rings. The zero-order valence-electron chi connectivity index (χ0n) is 12.7. The SMILES string of the molecule is CC(C)(C)C(=O)ON1CCN(c2ccc(N)cc2Cl)CC1. The molecule has 0 aromatic heterocycles. The molecule has 1 aromatic carbocycles. The van der Waals surface area contributed by atoms with E-state index in [2.05, 4.69) is 4.90 Å². The lowest BCUT2D eigenvalue weighted by atomic mass is 9.98. The average molecular weight is 312 g/mol. The minimum absolute atomic E-state index is 0.207. The molecule has 0 spiro atoms. The molecule has 1 fully saturated rings. The van der Waals surface area contributed by atoms with Crippen molar-refractivity contribution in [2.45, 2.75) is 20.8 Å². The number of halogens is 1. The maximum absolute atomic E-state index is 11.9. The maximum atomic E-state index is 11.9. The van der Waals surface area contributed by atoms with Crippen LogP contribution in [0, 0.1) is 5.41 Å². The molecule has 0 saturated carbocycles. The molecule has 1 heterocycles. The maximum Gasteiger partial charge on any atom is 0.330 e. The van der Waals surface area contributed by atoms with Crippen LogP contribution in [0.15, 0.2) is 18.2 Å². The number of carbonyl (C=O) groups is 1. The molecule has 0 radical (unpaired) electrons. The number of carbonyl (C=O) groups excluding carboxylic acids is 1. The second-order valence-corrected chi connectivity index (χ2v) is 6.66. The van der Waals surface area contributed by atoms with Gasteiger partial charge in [0.1, 0.15) is 0 Å². The molecule has 1 aliphatic rings. The fraction of sp³-hybridized carbons (Fsp3) is 0.533. The molecule has 2 N–H and O–H groups in total. The van der Waals surface area contributed by atoms with Crippen LogP contribution in [0.1, 0.15) is 20.8 Å². The molecule has 5 nitrogen and oxygen atoms in total. The van der Waals surface area contributed by atoms with Gasteiger partial charge >= 0.3 is 5.97 Å². The third-order valence-corrected chi connectivity index (χ3v) is 3.68. The first-order valence-corrected chi connectivity index (χ1v) is 7.42. The van der Waals surface area contributed by atoms with Gasteiger partial charge in [0.25, 0.3) is 0 Å². The standard InChI is InChI=1S/C15H22ClN3O2/c1-15(2,3)14(20)21-19-8-6-18(7-9-19)13-5-4-11(17)10-12(13)16/h4-5,10H,6-9,17H2,1-3H3. The van der Waals surface area contributed by atoms with Gasteiger partial charge in [-0.1, -0.05) is 11.6 Å². The lowest BCUT2D eigenvalue weighted by Crippen LogP contribution is -2.48. The topological polar surface area (TPSA) is 58.8 Å². The second-order valence-electron chi connectivity index (χ2n) is 6.26. The van der Waals surface area contributed by atoms with Crippen LogP contribution in [0.25, 0.3) is 0 Å². The van der Waals surface area contributed by atoms with Gasteiger partial charge in [-0.3, -0.25) is 0 Å². The zero-order chi connectivity index (χ0) is 15.6. The van der Waals surface area contributed by atoms with Crippen LogP contribution < -0.4 is 10.6 Å². The lowest BCUT2D eigenvalue weighted by Gasteiger charge is -2.36. The Morgan fingerprint density at radius 1 is 1.24 bits per heavy atom. The van der Waals surface area contributed by atoms with Crippen molar-refractivity contribution in [2.24, 2.45) is 5.41 Å². The third kappa shape index (κ3) is 4.02. The smallest absolute Gasteiger partial charge is 0.330 e. The molecule has 2 rings (SSSR count). The summed E-state index contributed by atoms with van der Waals surface area (Å²) < 4.78 is 0. The molecule has 0 atom stereocenters. The zero-order valence-corrected chi connectivity index (χ0v) is 13.5. The molecule has 0 bridgehead atoms. The van der Waals surface area contributed by atoms with E-state index in [0.29, 0.717) is 23.8 Å². The first kappa shape index (κ1) is 15.9. The summed E-state index contributed by atoms with van der Waals surface area (Å²) in [4.78, 5) is 19.4. The predicted molar refractivity (Wildman–Crippen MR) is 85.2 cm³/mol. The summed E-state index contributed by atoms with van der Waals surface area (Å²) in [6, 6.07) is 5.52. The molecule has 6 heteroatoms. The molecule has 0 aliphatic carbocycles. The molecule has 21 heavy (non-hydrogen) atoms. The van der Waals surface area contributed by atoms with Gasteiger partial charge in [-0.05, 0) is 39.0 Å². The van der Waals surface area contributed by atoms with Gasteiger partial charge in [-0.2, -0.15) is 0 Å². The van der Waals surface area contributed by atoms with Crippen molar-refractivity contribution in [3.63, 3.8) is 0 Å². The monoisotopic (exact) mass is 311 g/mol. The molecule has 0 unspecified atom stereocenters. The molecule has 116 valence electrons. The van der Waals surface area contributed by atoms with Crippen molar-refractivity contribution in [3.05, 3.63) is 23.2 Å². The molecule has 1 saturated heterocycles. The van der Waals surface area contributed by atoms with Gasteiger partial charge in [0.05, 0.1) is 29.2 Å². The minimum atomic E-state index is -0.489. The summed E-state index contributed by atoms with van der Waals surface area (Å²) in [5, 5.41) is 2.37. The van der Waals surface area contributed by atoms with E-state index in [9.17, 15) is 4.79 Å². The Morgan fingerprint density at radius 2 is 1.86 bits per heavy atom. The average Bonchev–Trinajstić information content (AvgIpc) is 2.39. The van der Waals surface area contributed by atoms with Crippen LogP contribution in [0.5, 0.6) is 0 Å². The number of anilines is 2. The van der Waals surface area contributed by atoms with Gasteiger partial charge < -0.3 is 15.5 Å². The van der Waals surface area contributed by atoms with E-state index in [0.717, 1.165) is 18.8 Å². The number of nitrogens with zero attached hydrogens (tertiary/aromatic N) is 2. The van der Waals surface area contributed by atoms with E-state index in [1.165, 1.54) is 0 Å². The third-order valence-electron chi connectivity index (χ3n) is 3.38.